The topological polar surface area (TPSA) is 59.2 Å². The van der Waals surface area contributed by atoms with Gasteiger partial charge >= 0.3 is 0 Å². The molecular formula is C16H19N3O. The molecule has 1 aromatic heterocycles. The average molecular weight is 269 g/mol. The van der Waals surface area contributed by atoms with Gasteiger partial charge < -0.3 is 5.73 Å². The molecule has 0 saturated carbocycles. The van der Waals surface area contributed by atoms with Gasteiger partial charge in [-0.05, 0) is 29.7 Å². The molecule has 0 aliphatic carbocycles. The Morgan fingerprint density at radius 3 is 2.40 bits per heavy atom. The van der Waals surface area contributed by atoms with Crippen molar-refractivity contribution in [2.24, 2.45) is 5.73 Å². The van der Waals surface area contributed by atoms with Crippen molar-refractivity contribution in [1.29, 1.82) is 0 Å². The van der Waals surface area contributed by atoms with E-state index in [9.17, 15) is 4.79 Å². The van der Waals surface area contributed by atoms with E-state index in [1.54, 1.807) is 12.4 Å². The first kappa shape index (κ1) is 14.2. The highest BCUT2D eigenvalue weighted by atomic mass is 16.1. The minimum absolute atomic E-state index is 0.278. The van der Waals surface area contributed by atoms with Crippen LogP contribution in [-0.2, 0) is 17.8 Å². The third-order valence-corrected chi connectivity index (χ3v) is 3.09. The van der Waals surface area contributed by atoms with Crippen molar-refractivity contribution in [3.8, 4) is 0 Å². The second-order valence-electron chi connectivity index (χ2n) is 4.77. The third-order valence-electron chi connectivity index (χ3n) is 3.09. The first-order valence-electron chi connectivity index (χ1n) is 6.67. The lowest BCUT2D eigenvalue weighted by atomic mass is 10.1. The summed E-state index contributed by atoms with van der Waals surface area (Å²) < 4.78 is 0. The van der Waals surface area contributed by atoms with E-state index in [2.05, 4.69) is 22.0 Å². The Bertz CT molecular complexity index is 528. The van der Waals surface area contributed by atoms with Crippen LogP contribution >= 0.6 is 0 Å². The summed E-state index contributed by atoms with van der Waals surface area (Å²) in [5.74, 6) is -0.296. The maximum Gasteiger partial charge on any atom is 0.231 e. The summed E-state index contributed by atoms with van der Waals surface area (Å²) in [6.45, 7) is 1.80. The Balaban J connectivity index is 1.95. The molecule has 4 heteroatoms. The van der Waals surface area contributed by atoms with Crippen LogP contribution in [0.4, 0.5) is 0 Å². The van der Waals surface area contributed by atoms with Crippen LogP contribution in [0.25, 0.3) is 0 Å². The summed E-state index contributed by atoms with van der Waals surface area (Å²) in [7, 11) is 0. The summed E-state index contributed by atoms with van der Waals surface area (Å²) >= 11 is 0. The molecule has 1 amide bonds. The number of hydrogen-bond donors (Lipinski definition) is 1. The maximum absolute atomic E-state index is 11.2. The van der Waals surface area contributed by atoms with Crippen molar-refractivity contribution >= 4 is 5.91 Å². The van der Waals surface area contributed by atoms with Crippen LogP contribution in [-0.4, -0.2) is 28.9 Å². The van der Waals surface area contributed by atoms with Crippen molar-refractivity contribution < 1.29 is 4.79 Å². The molecule has 4 nitrogen and oxygen atoms in total. The quantitative estimate of drug-likeness (QED) is 0.830. The van der Waals surface area contributed by atoms with Gasteiger partial charge in [0.05, 0.1) is 6.54 Å². The van der Waals surface area contributed by atoms with Crippen molar-refractivity contribution in [3.05, 3.63) is 66.0 Å². The average Bonchev–Trinajstić information content (AvgIpc) is 2.46. The van der Waals surface area contributed by atoms with Crippen LogP contribution in [0.1, 0.15) is 11.1 Å². The molecule has 104 valence electrons. The van der Waals surface area contributed by atoms with Crippen LogP contribution in [0.5, 0.6) is 0 Å². The number of aromatic nitrogens is 1. The number of rotatable bonds is 7. The molecule has 2 N–H and O–H groups in total. The molecule has 0 saturated heterocycles. The Morgan fingerprint density at radius 1 is 1.05 bits per heavy atom. The summed E-state index contributed by atoms with van der Waals surface area (Å²) in [5, 5.41) is 0. The molecular weight excluding hydrogens is 250 g/mol. The van der Waals surface area contributed by atoms with E-state index in [0.717, 1.165) is 19.5 Å². The fourth-order valence-corrected chi connectivity index (χ4v) is 2.11. The molecule has 0 aliphatic heterocycles. The predicted molar refractivity (Wildman–Crippen MR) is 78.9 cm³/mol. The molecule has 2 rings (SSSR count). The number of hydrogen-bond acceptors (Lipinski definition) is 3. The SMILES string of the molecule is NC(=O)CN(CCc1ccncc1)Cc1ccccc1. The van der Waals surface area contributed by atoms with E-state index in [4.69, 9.17) is 5.73 Å². The minimum Gasteiger partial charge on any atom is -0.369 e. The van der Waals surface area contributed by atoms with Gasteiger partial charge in [0.1, 0.15) is 0 Å². The fraction of sp³-hybridized carbons (Fsp3) is 0.250. The zero-order valence-corrected chi connectivity index (χ0v) is 11.4. The highest BCUT2D eigenvalue weighted by Crippen LogP contribution is 2.06. The fourth-order valence-electron chi connectivity index (χ4n) is 2.11. The lowest BCUT2D eigenvalue weighted by molar-refractivity contribution is -0.119. The standard InChI is InChI=1S/C16H19N3O/c17-16(20)13-19(12-15-4-2-1-3-5-15)11-8-14-6-9-18-10-7-14/h1-7,9-10H,8,11-13H2,(H2,17,20). The second-order valence-corrected chi connectivity index (χ2v) is 4.77. The molecule has 2 aromatic rings. The van der Waals surface area contributed by atoms with Gasteiger partial charge in [-0.2, -0.15) is 0 Å². The number of amides is 1. The number of benzene rings is 1. The van der Waals surface area contributed by atoms with Crippen molar-refractivity contribution in [3.63, 3.8) is 0 Å². The Kier molecular flexibility index (Phi) is 5.26. The normalized spacial score (nSPS) is 10.7. The van der Waals surface area contributed by atoms with Gasteiger partial charge in [0, 0.05) is 25.5 Å². The number of nitrogens with zero attached hydrogens (tertiary/aromatic N) is 2. The van der Waals surface area contributed by atoms with Gasteiger partial charge in [-0.25, -0.2) is 0 Å². The Hall–Kier alpha value is -2.20. The molecule has 0 spiro atoms. The van der Waals surface area contributed by atoms with Crippen molar-refractivity contribution in [2.45, 2.75) is 13.0 Å². The van der Waals surface area contributed by atoms with E-state index in [1.807, 2.05) is 30.3 Å². The predicted octanol–water partition coefficient (Wildman–Crippen LogP) is 1.61. The van der Waals surface area contributed by atoms with Crippen molar-refractivity contribution in [2.75, 3.05) is 13.1 Å². The van der Waals surface area contributed by atoms with E-state index < -0.39 is 0 Å². The lowest BCUT2D eigenvalue weighted by Crippen LogP contribution is -2.34. The molecule has 0 aliphatic rings. The van der Waals surface area contributed by atoms with Gasteiger partial charge in [-0.15, -0.1) is 0 Å². The second kappa shape index (κ2) is 7.40. The number of primary amides is 1. The largest absolute Gasteiger partial charge is 0.369 e. The number of carbonyl (C=O) groups excluding carboxylic acids is 1. The first-order chi connectivity index (χ1) is 9.74. The van der Waals surface area contributed by atoms with Gasteiger partial charge in [0.2, 0.25) is 5.91 Å². The molecule has 1 heterocycles. The van der Waals surface area contributed by atoms with Crippen LogP contribution in [0.3, 0.4) is 0 Å². The smallest absolute Gasteiger partial charge is 0.231 e. The first-order valence-corrected chi connectivity index (χ1v) is 6.67. The van der Waals surface area contributed by atoms with Crippen LogP contribution in [0.2, 0.25) is 0 Å². The molecule has 0 radical (unpaired) electrons. The number of nitrogens with two attached hydrogens (primary N) is 1. The summed E-state index contributed by atoms with van der Waals surface area (Å²) in [6.07, 6.45) is 4.44. The van der Waals surface area contributed by atoms with Crippen LogP contribution in [0.15, 0.2) is 54.9 Å². The molecule has 0 unspecified atom stereocenters. The monoisotopic (exact) mass is 269 g/mol. The van der Waals surface area contributed by atoms with Crippen LogP contribution < -0.4 is 5.73 Å². The lowest BCUT2D eigenvalue weighted by Gasteiger charge is -2.20. The van der Waals surface area contributed by atoms with Crippen molar-refractivity contribution in [1.82, 2.24) is 9.88 Å². The molecule has 1 aromatic carbocycles. The molecule has 0 bridgehead atoms. The Labute approximate surface area is 119 Å². The molecule has 0 fully saturated rings. The highest BCUT2D eigenvalue weighted by molar-refractivity contribution is 5.75. The van der Waals surface area contributed by atoms with E-state index >= 15 is 0 Å². The zero-order valence-electron chi connectivity index (χ0n) is 11.4. The summed E-state index contributed by atoms with van der Waals surface area (Å²) in [6, 6.07) is 14.1. The summed E-state index contributed by atoms with van der Waals surface area (Å²) in [4.78, 5) is 17.3. The van der Waals surface area contributed by atoms with E-state index in [-0.39, 0.29) is 12.5 Å². The van der Waals surface area contributed by atoms with Crippen LogP contribution in [0, 0.1) is 0 Å². The van der Waals surface area contributed by atoms with Gasteiger partial charge in [0.15, 0.2) is 0 Å². The van der Waals surface area contributed by atoms with Gasteiger partial charge in [-0.1, -0.05) is 30.3 Å². The highest BCUT2D eigenvalue weighted by Gasteiger charge is 2.09. The van der Waals surface area contributed by atoms with E-state index in [0.29, 0.717) is 0 Å². The third kappa shape index (κ3) is 4.82. The number of carbonyl (C=O) groups is 1. The minimum atomic E-state index is -0.296. The zero-order chi connectivity index (χ0) is 14.2. The van der Waals surface area contributed by atoms with Gasteiger partial charge in [0.25, 0.3) is 0 Å². The Morgan fingerprint density at radius 2 is 1.75 bits per heavy atom. The molecule has 0 atom stereocenters. The van der Waals surface area contributed by atoms with Gasteiger partial charge in [-0.3, -0.25) is 14.7 Å². The molecule has 20 heavy (non-hydrogen) atoms. The van der Waals surface area contributed by atoms with E-state index in [1.165, 1.54) is 11.1 Å². The maximum atomic E-state index is 11.2. The number of pyridine rings is 1. The summed E-state index contributed by atoms with van der Waals surface area (Å²) in [5.41, 5.74) is 7.72.